The lowest BCUT2D eigenvalue weighted by Gasteiger charge is -2.18. The highest BCUT2D eigenvalue weighted by atomic mass is 16.1. The zero-order valence-corrected chi connectivity index (χ0v) is 12.7. The molecule has 2 aromatic carbocycles. The third-order valence-corrected chi connectivity index (χ3v) is 3.41. The summed E-state index contributed by atoms with van der Waals surface area (Å²) in [6.45, 7) is 8.34. The summed E-state index contributed by atoms with van der Waals surface area (Å²) in [7, 11) is 0. The van der Waals surface area contributed by atoms with Crippen molar-refractivity contribution in [2.75, 3.05) is 0 Å². The Morgan fingerprint density at radius 1 is 0.950 bits per heavy atom. The molecule has 0 unspecified atom stereocenters. The molecule has 2 aromatic rings. The molecule has 0 aliphatic heterocycles. The van der Waals surface area contributed by atoms with Crippen molar-refractivity contribution in [1.29, 1.82) is 0 Å². The lowest BCUT2D eigenvalue weighted by Crippen LogP contribution is -2.14. The van der Waals surface area contributed by atoms with E-state index in [0.29, 0.717) is 6.42 Å². The van der Waals surface area contributed by atoms with Gasteiger partial charge in [-0.1, -0.05) is 69.3 Å². The van der Waals surface area contributed by atoms with Gasteiger partial charge in [-0.05, 0) is 29.0 Å². The molecule has 0 heterocycles. The first-order valence-corrected chi connectivity index (χ1v) is 7.07. The standard InChI is InChI=1S/C19H22O/c1-14-16(15-9-6-5-7-10-15)11-8-12-17(14)18(20)13-19(2,3)4/h5-12H,13H2,1-4H3. The molecule has 0 amide bonds. The van der Waals surface area contributed by atoms with E-state index in [9.17, 15) is 4.79 Å². The van der Waals surface area contributed by atoms with Crippen molar-refractivity contribution in [1.82, 2.24) is 0 Å². The van der Waals surface area contributed by atoms with Crippen LogP contribution in [0.2, 0.25) is 0 Å². The van der Waals surface area contributed by atoms with E-state index in [0.717, 1.165) is 22.3 Å². The minimum atomic E-state index is 0.0201. The van der Waals surface area contributed by atoms with E-state index in [4.69, 9.17) is 0 Å². The average Bonchev–Trinajstić information content (AvgIpc) is 2.38. The summed E-state index contributed by atoms with van der Waals surface area (Å²) in [5, 5.41) is 0. The van der Waals surface area contributed by atoms with Gasteiger partial charge >= 0.3 is 0 Å². The Labute approximate surface area is 121 Å². The van der Waals surface area contributed by atoms with Crippen LogP contribution in [0.5, 0.6) is 0 Å². The van der Waals surface area contributed by atoms with Crippen LogP contribution in [0.15, 0.2) is 48.5 Å². The van der Waals surface area contributed by atoms with Gasteiger partial charge in [-0.2, -0.15) is 0 Å². The SMILES string of the molecule is Cc1c(C(=O)CC(C)(C)C)cccc1-c1ccccc1. The number of Topliss-reactive ketones (excluding diaryl/α,β-unsaturated/α-hetero) is 1. The summed E-state index contributed by atoms with van der Waals surface area (Å²) in [5.41, 5.74) is 4.25. The first kappa shape index (κ1) is 14.5. The maximum atomic E-state index is 12.5. The maximum absolute atomic E-state index is 12.5. The second kappa shape index (κ2) is 5.62. The van der Waals surface area contributed by atoms with Crippen molar-refractivity contribution in [2.45, 2.75) is 34.1 Å². The Hall–Kier alpha value is -1.89. The van der Waals surface area contributed by atoms with Gasteiger partial charge in [0, 0.05) is 12.0 Å². The molecule has 20 heavy (non-hydrogen) atoms. The Morgan fingerprint density at radius 3 is 2.20 bits per heavy atom. The summed E-state index contributed by atoms with van der Waals surface area (Å²) in [6.07, 6.45) is 0.575. The third-order valence-electron chi connectivity index (χ3n) is 3.41. The topological polar surface area (TPSA) is 17.1 Å². The van der Waals surface area contributed by atoms with E-state index in [1.165, 1.54) is 0 Å². The zero-order valence-electron chi connectivity index (χ0n) is 12.7. The van der Waals surface area contributed by atoms with Gasteiger partial charge in [0.25, 0.3) is 0 Å². The quantitative estimate of drug-likeness (QED) is 0.691. The van der Waals surface area contributed by atoms with Crippen LogP contribution in [0.25, 0.3) is 11.1 Å². The molecule has 0 saturated heterocycles. The molecular weight excluding hydrogens is 244 g/mol. The number of ketones is 1. The second-order valence-corrected chi connectivity index (χ2v) is 6.50. The van der Waals surface area contributed by atoms with Crippen LogP contribution in [-0.2, 0) is 0 Å². The summed E-state index contributed by atoms with van der Waals surface area (Å²) in [4.78, 5) is 12.5. The van der Waals surface area contributed by atoms with Crippen molar-refractivity contribution in [3.05, 3.63) is 59.7 Å². The molecule has 0 fully saturated rings. The molecule has 0 atom stereocenters. The minimum absolute atomic E-state index is 0.0201. The molecule has 0 N–H and O–H groups in total. The number of hydrogen-bond donors (Lipinski definition) is 0. The van der Waals surface area contributed by atoms with Gasteiger partial charge in [0.1, 0.15) is 0 Å². The molecule has 0 spiro atoms. The molecule has 0 saturated carbocycles. The number of carbonyl (C=O) groups excluding carboxylic acids is 1. The molecule has 0 radical (unpaired) electrons. The Bertz CT molecular complexity index is 603. The van der Waals surface area contributed by atoms with Crippen molar-refractivity contribution in [3.63, 3.8) is 0 Å². The van der Waals surface area contributed by atoms with Gasteiger partial charge in [0.2, 0.25) is 0 Å². The van der Waals surface area contributed by atoms with Crippen molar-refractivity contribution in [3.8, 4) is 11.1 Å². The maximum Gasteiger partial charge on any atom is 0.163 e. The molecule has 0 aliphatic carbocycles. The molecule has 1 nitrogen and oxygen atoms in total. The Kier molecular flexibility index (Phi) is 4.08. The monoisotopic (exact) mass is 266 g/mol. The fourth-order valence-corrected chi connectivity index (χ4v) is 2.45. The van der Waals surface area contributed by atoms with E-state index in [2.05, 4.69) is 39.0 Å². The van der Waals surface area contributed by atoms with Crippen LogP contribution in [0.1, 0.15) is 43.1 Å². The van der Waals surface area contributed by atoms with E-state index in [1.807, 2.05) is 37.3 Å². The van der Waals surface area contributed by atoms with Gasteiger partial charge in [-0.15, -0.1) is 0 Å². The van der Waals surface area contributed by atoms with Gasteiger partial charge in [-0.25, -0.2) is 0 Å². The van der Waals surface area contributed by atoms with E-state index in [-0.39, 0.29) is 11.2 Å². The molecule has 104 valence electrons. The Balaban J connectivity index is 2.41. The van der Waals surface area contributed by atoms with Gasteiger partial charge in [0.05, 0.1) is 0 Å². The number of benzene rings is 2. The third kappa shape index (κ3) is 3.36. The van der Waals surface area contributed by atoms with Gasteiger partial charge in [-0.3, -0.25) is 4.79 Å². The van der Waals surface area contributed by atoms with E-state index < -0.39 is 0 Å². The normalized spacial score (nSPS) is 11.4. The van der Waals surface area contributed by atoms with Gasteiger partial charge < -0.3 is 0 Å². The fourth-order valence-electron chi connectivity index (χ4n) is 2.45. The van der Waals surface area contributed by atoms with Crippen LogP contribution >= 0.6 is 0 Å². The van der Waals surface area contributed by atoms with Crippen molar-refractivity contribution in [2.24, 2.45) is 5.41 Å². The molecule has 1 heteroatoms. The number of rotatable bonds is 3. The number of hydrogen-bond acceptors (Lipinski definition) is 1. The van der Waals surface area contributed by atoms with Crippen LogP contribution < -0.4 is 0 Å². The van der Waals surface area contributed by atoms with Crippen LogP contribution in [0.4, 0.5) is 0 Å². The highest BCUT2D eigenvalue weighted by Crippen LogP contribution is 2.28. The molecule has 0 aromatic heterocycles. The molecule has 2 rings (SSSR count). The van der Waals surface area contributed by atoms with Crippen molar-refractivity contribution >= 4 is 5.78 Å². The fraction of sp³-hybridized carbons (Fsp3) is 0.316. The average molecular weight is 266 g/mol. The summed E-state index contributed by atoms with van der Waals surface area (Å²) < 4.78 is 0. The first-order valence-electron chi connectivity index (χ1n) is 7.07. The van der Waals surface area contributed by atoms with Crippen LogP contribution in [0, 0.1) is 12.3 Å². The Morgan fingerprint density at radius 2 is 1.60 bits per heavy atom. The summed E-state index contributed by atoms with van der Waals surface area (Å²) >= 11 is 0. The van der Waals surface area contributed by atoms with E-state index >= 15 is 0 Å². The second-order valence-electron chi connectivity index (χ2n) is 6.50. The zero-order chi connectivity index (χ0) is 14.8. The predicted octanol–water partition coefficient (Wildman–Crippen LogP) is 5.28. The predicted molar refractivity (Wildman–Crippen MR) is 85.0 cm³/mol. The smallest absolute Gasteiger partial charge is 0.163 e. The van der Waals surface area contributed by atoms with Gasteiger partial charge in [0.15, 0.2) is 5.78 Å². The molecule has 0 bridgehead atoms. The highest BCUT2D eigenvalue weighted by molar-refractivity contribution is 5.99. The molecule has 0 aliphatic rings. The van der Waals surface area contributed by atoms with Crippen molar-refractivity contribution < 1.29 is 4.79 Å². The van der Waals surface area contributed by atoms with E-state index in [1.54, 1.807) is 0 Å². The minimum Gasteiger partial charge on any atom is -0.294 e. The summed E-state index contributed by atoms with van der Waals surface area (Å²) in [5.74, 6) is 0.229. The molecular formula is C19H22O. The largest absolute Gasteiger partial charge is 0.294 e. The highest BCUT2D eigenvalue weighted by Gasteiger charge is 2.19. The lowest BCUT2D eigenvalue weighted by atomic mass is 9.85. The summed E-state index contributed by atoms with van der Waals surface area (Å²) in [6, 6.07) is 16.2. The first-order chi connectivity index (χ1) is 9.38. The lowest BCUT2D eigenvalue weighted by molar-refractivity contribution is 0.0939. The number of carbonyl (C=O) groups is 1. The van der Waals surface area contributed by atoms with Crippen LogP contribution in [-0.4, -0.2) is 5.78 Å². The van der Waals surface area contributed by atoms with Crippen LogP contribution in [0.3, 0.4) is 0 Å².